The summed E-state index contributed by atoms with van der Waals surface area (Å²) < 4.78 is 22.1. The molecule has 7 nitrogen and oxygen atoms in total. The van der Waals surface area contributed by atoms with Crippen LogP contribution in [0.15, 0.2) is 42.5 Å². The monoisotopic (exact) mass is 683 g/mol. The van der Waals surface area contributed by atoms with Crippen LogP contribution in [0.25, 0.3) is 0 Å². The van der Waals surface area contributed by atoms with Gasteiger partial charge in [0.05, 0.1) is 26.9 Å². The van der Waals surface area contributed by atoms with Gasteiger partial charge in [-0.05, 0) is 60.8 Å². The minimum absolute atomic E-state index is 0.0197. The molecule has 8 heteroatoms. The van der Waals surface area contributed by atoms with Crippen LogP contribution in [-0.2, 0) is 22.5 Å². The van der Waals surface area contributed by atoms with E-state index in [-0.39, 0.29) is 21.7 Å². The number of carbonyl (C=O) groups is 1. The summed E-state index contributed by atoms with van der Waals surface area (Å²) in [4.78, 5) is 13.2. The lowest BCUT2D eigenvalue weighted by atomic mass is 9.82. The smallest absolute Gasteiger partial charge is 0.223 e. The minimum Gasteiger partial charge on any atom is -0.496 e. The number of benzene rings is 2. The van der Waals surface area contributed by atoms with Crippen LogP contribution in [0.1, 0.15) is 58.1 Å². The number of para-hydroxylation sites is 1. The highest BCUT2D eigenvalue weighted by atomic mass is 127. The van der Waals surface area contributed by atoms with Crippen LogP contribution < -0.4 is 19.5 Å². The first-order valence-electron chi connectivity index (χ1n) is 14.6. The van der Waals surface area contributed by atoms with E-state index in [0.717, 1.165) is 42.1 Å². The van der Waals surface area contributed by atoms with Crippen molar-refractivity contribution in [3.05, 3.63) is 53.6 Å². The van der Waals surface area contributed by atoms with Crippen molar-refractivity contribution in [3.8, 4) is 17.2 Å². The summed E-state index contributed by atoms with van der Waals surface area (Å²) in [6, 6.07) is 13.8. The van der Waals surface area contributed by atoms with Gasteiger partial charge in [0.2, 0.25) is 5.91 Å². The van der Waals surface area contributed by atoms with Crippen LogP contribution in [0.2, 0.25) is 0 Å². The summed E-state index contributed by atoms with van der Waals surface area (Å²) >= 11 is 2.37. The van der Waals surface area contributed by atoms with E-state index in [1.54, 1.807) is 21.3 Å². The maximum absolute atomic E-state index is 13.2. The van der Waals surface area contributed by atoms with Gasteiger partial charge in [-0.1, -0.05) is 74.6 Å². The number of rotatable bonds is 19. The van der Waals surface area contributed by atoms with Gasteiger partial charge in [-0.25, -0.2) is 0 Å². The molecule has 41 heavy (non-hydrogen) atoms. The summed E-state index contributed by atoms with van der Waals surface area (Å²) in [6.07, 6.45) is 2.37. The van der Waals surface area contributed by atoms with E-state index in [4.69, 9.17) is 18.9 Å². The minimum atomic E-state index is -0.586. The molecule has 0 aromatic heterocycles. The molecule has 2 aromatic carbocycles. The molecule has 0 unspecified atom stereocenters. The van der Waals surface area contributed by atoms with Crippen molar-refractivity contribution in [2.75, 3.05) is 34.5 Å². The van der Waals surface area contributed by atoms with E-state index in [0.29, 0.717) is 38.0 Å². The van der Waals surface area contributed by atoms with E-state index in [1.807, 2.05) is 44.2 Å². The third-order valence-electron chi connectivity index (χ3n) is 7.65. The highest BCUT2D eigenvalue weighted by Gasteiger charge is 2.30. The Kier molecular flexibility index (Phi) is 15.9. The second-order valence-electron chi connectivity index (χ2n) is 11.3. The van der Waals surface area contributed by atoms with Gasteiger partial charge in [0.1, 0.15) is 5.75 Å². The highest BCUT2D eigenvalue weighted by Crippen LogP contribution is 2.33. The number of hydrogen-bond donors (Lipinski definition) is 2. The van der Waals surface area contributed by atoms with Gasteiger partial charge in [0.25, 0.3) is 0 Å². The molecule has 0 aliphatic carbocycles. The summed E-state index contributed by atoms with van der Waals surface area (Å²) in [7, 11) is 4.97. The molecule has 0 saturated carbocycles. The van der Waals surface area contributed by atoms with E-state index in [9.17, 15) is 9.90 Å². The molecule has 230 valence electrons. The maximum Gasteiger partial charge on any atom is 0.223 e. The molecule has 4 atom stereocenters. The zero-order valence-corrected chi connectivity index (χ0v) is 28.0. The SMILES string of the molecule is COCCCOc1cc(C[C@@H](C[C@H](I)[C@@H](O)C[C@H](C(=O)NCc2ccccc2OC)C(C)C)C(C)C)ccc1OC. The fourth-order valence-electron chi connectivity index (χ4n) is 4.94. The summed E-state index contributed by atoms with van der Waals surface area (Å²) in [5.74, 6) is 2.79. The molecule has 0 bridgehead atoms. The Morgan fingerprint density at radius 3 is 2.24 bits per heavy atom. The fourth-order valence-corrected chi connectivity index (χ4v) is 5.89. The number of amides is 1. The first-order chi connectivity index (χ1) is 19.6. The van der Waals surface area contributed by atoms with Crippen molar-refractivity contribution in [2.24, 2.45) is 23.7 Å². The average Bonchev–Trinajstić information content (AvgIpc) is 2.96. The van der Waals surface area contributed by atoms with Gasteiger partial charge in [0, 0.05) is 42.1 Å². The zero-order valence-electron chi connectivity index (χ0n) is 25.8. The highest BCUT2D eigenvalue weighted by molar-refractivity contribution is 14.1. The Hall–Kier alpha value is -2.04. The quantitative estimate of drug-likeness (QED) is 0.100. The molecule has 0 heterocycles. The van der Waals surface area contributed by atoms with Crippen LogP contribution in [-0.4, -0.2) is 55.6 Å². The van der Waals surface area contributed by atoms with Gasteiger partial charge >= 0.3 is 0 Å². The van der Waals surface area contributed by atoms with Crippen molar-refractivity contribution in [2.45, 2.75) is 70.0 Å². The van der Waals surface area contributed by atoms with Gasteiger partial charge in [0.15, 0.2) is 11.5 Å². The zero-order chi connectivity index (χ0) is 30.4. The van der Waals surface area contributed by atoms with E-state index < -0.39 is 6.10 Å². The third-order valence-corrected chi connectivity index (χ3v) is 8.99. The van der Waals surface area contributed by atoms with Crippen LogP contribution in [0.4, 0.5) is 0 Å². The molecule has 0 fully saturated rings. The van der Waals surface area contributed by atoms with Gasteiger partial charge in [-0.15, -0.1) is 0 Å². The van der Waals surface area contributed by atoms with E-state index in [1.165, 1.54) is 5.56 Å². The van der Waals surface area contributed by atoms with Crippen molar-refractivity contribution in [3.63, 3.8) is 0 Å². The Balaban J connectivity index is 2.02. The molecule has 0 radical (unpaired) electrons. The lowest BCUT2D eigenvalue weighted by Gasteiger charge is -2.29. The topological polar surface area (TPSA) is 86.2 Å². The molecule has 2 rings (SSSR count). The van der Waals surface area contributed by atoms with E-state index in [2.05, 4.69) is 53.9 Å². The second-order valence-corrected chi connectivity index (χ2v) is 12.9. The molecule has 0 saturated heterocycles. The number of methoxy groups -OCH3 is 3. The standard InChI is InChI=1S/C33H50INO6/c1-22(2)26(17-24-13-14-31(40-7)32(18-24)41-16-10-15-38-5)19-28(34)29(36)20-27(23(3)4)33(37)35-21-25-11-8-9-12-30(25)39-6/h8-9,11-14,18,22-23,26-29,36H,10,15-17,19-21H2,1-7H3,(H,35,37)/t26-,27-,28-,29-/m0/s1. The molecule has 1 amide bonds. The Labute approximate surface area is 260 Å². The molecule has 0 aliphatic rings. The maximum atomic E-state index is 13.2. The van der Waals surface area contributed by atoms with Crippen LogP contribution in [0.5, 0.6) is 17.2 Å². The Morgan fingerprint density at radius 1 is 0.902 bits per heavy atom. The molecule has 2 aromatic rings. The molecule has 0 aliphatic heterocycles. The fraction of sp³-hybridized carbons (Fsp3) is 0.606. The molecule has 2 N–H and O–H groups in total. The Morgan fingerprint density at radius 2 is 1.61 bits per heavy atom. The largest absolute Gasteiger partial charge is 0.496 e. The summed E-state index contributed by atoms with van der Waals surface area (Å²) in [6.45, 7) is 10.1. The number of halogens is 1. The van der Waals surface area contributed by atoms with Crippen molar-refractivity contribution in [1.29, 1.82) is 0 Å². The van der Waals surface area contributed by atoms with Gasteiger partial charge in [-0.3, -0.25) is 4.79 Å². The second kappa shape index (κ2) is 18.5. The van der Waals surface area contributed by atoms with Gasteiger partial charge in [-0.2, -0.15) is 0 Å². The summed E-state index contributed by atoms with van der Waals surface area (Å²) in [5, 5.41) is 14.3. The number of nitrogens with one attached hydrogen (secondary N) is 1. The average molecular weight is 684 g/mol. The van der Waals surface area contributed by atoms with Gasteiger partial charge < -0.3 is 29.4 Å². The first-order valence-corrected chi connectivity index (χ1v) is 15.9. The number of hydrogen-bond acceptors (Lipinski definition) is 6. The van der Waals surface area contributed by atoms with Crippen molar-refractivity contribution < 1.29 is 28.8 Å². The number of ether oxygens (including phenoxy) is 4. The molecule has 0 spiro atoms. The lowest BCUT2D eigenvalue weighted by molar-refractivity contribution is -0.127. The van der Waals surface area contributed by atoms with Crippen LogP contribution in [0.3, 0.4) is 0 Å². The first kappa shape index (κ1) is 35.2. The summed E-state index contributed by atoms with van der Waals surface area (Å²) in [5.41, 5.74) is 2.11. The number of carbonyl (C=O) groups excluding carboxylic acids is 1. The lowest BCUT2D eigenvalue weighted by Crippen LogP contribution is -2.37. The third kappa shape index (κ3) is 11.6. The normalized spacial score (nSPS) is 14.4. The van der Waals surface area contributed by atoms with Crippen LogP contribution in [0, 0.1) is 23.7 Å². The molecular weight excluding hydrogens is 633 g/mol. The predicted octanol–water partition coefficient (Wildman–Crippen LogP) is 6.47. The number of aliphatic hydroxyl groups excluding tert-OH is 1. The van der Waals surface area contributed by atoms with Crippen molar-refractivity contribution >= 4 is 28.5 Å². The predicted molar refractivity (Wildman–Crippen MR) is 173 cm³/mol. The van der Waals surface area contributed by atoms with E-state index >= 15 is 0 Å². The van der Waals surface area contributed by atoms with Crippen molar-refractivity contribution in [1.82, 2.24) is 5.32 Å². The Bertz CT molecular complexity index is 1050. The molecular formula is C33H50INO6. The number of alkyl halides is 1. The number of aliphatic hydroxyl groups is 1. The van der Waals surface area contributed by atoms with Crippen LogP contribution >= 0.6 is 22.6 Å².